The highest BCUT2D eigenvalue weighted by atomic mass is 16.5. The van der Waals surface area contributed by atoms with Crippen LogP contribution in [0.4, 0.5) is 0 Å². The summed E-state index contributed by atoms with van der Waals surface area (Å²) in [5.41, 5.74) is 6.82. The average Bonchev–Trinajstić information content (AvgIpc) is 2.73. The number of primary amides is 1. The van der Waals surface area contributed by atoms with Crippen molar-refractivity contribution in [3.8, 4) is 11.6 Å². The van der Waals surface area contributed by atoms with Gasteiger partial charge in [0.1, 0.15) is 5.75 Å². The third-order valence-electron chi connectivity index (χ3n) is 4.95. The molecule has 1 amide bonds. The molecule has 0 radical (unpaired) electrons. The van der Waals surface area contributed by atoms with Crippen LogP contribution in [0.2, 0.25) is 0 Å². The second-order valence-electron chi connectivity index (χ2n) is 6.91. The van der Waals surface area contributed by atoms with Crippen molar-refractivity contribution < 1.29 is 14.3 Å². The van der Waals surface area contributed by atoms with E-state index in [9.17, 15) is 4.79 Å². The van der Waals surface area contributed by atoms with E-state index in [-0.39, 0.29) is 0 Å². The Morgan fingerprint density at radius 1 is 1.18 bits per heavy atom. The maximum atomic E-state index is 11.2. The number of carbonyl (C=O) groups is 1. The number of nitrogens with one attached hydrogen (secondary N) is 1. The molecule has 1 aliphatic heterocycles. The van der Waals surface area contributed by atoms with Crippen molar-refractivity contribution in [1.29, 1.82) is 0 Å². The van der Waals surface area contributed by atoms with Crippen LogP contribution in [0.25, 0.3) is 10.8 Å². The lowest BCUT2D eigenvalue weighted by molar-refractivity contribution is 0.0700. The average molecular weight is 377 g/mol. The largest absolute Gasteiger partial charge is 0.438 e. The number of nitrogens with two attached hydrogens (primary N) is 1. The van der Waals surface area contributed by atoms with Crippen molar-refractivity contribution in [2.45, 2.75) is 25.4 Å². The van der Waals surface area contributed by atoms with Crippen LogP contribution in [0.1, 0.15) is 28.8 Å². The molecule has 6 heteroatoms. The predicted octanol–water partition coefficient (Wildman–Crippen LogP) is 3.39. The molecule has 2 aromatic carbocycles. The van der Waals surface area contributed by atoms with Crippen molar-refractivity contribution in [3.05, 3.63) is 65.9 Å². The van der Waals surface area contributed by atoms with Gasteiger partial charge < -0.3 is 20.5 Å². The second-order valence-corrected chi connectivity index (χ2v) is 6.91. The molecule has 0 saturated carbocycles. The number of fused-ring (bicyclic) bond motifs is 1. The van der Waals surface area contributed by atoms with Crippen LogP contribution >= 0.6 is 0 Å². The van der Waals surface area contributed by atoms with Crippen molar-refractivity contribution in [1.82, 2.24) is 10.3 Å². The number of rotatable bonds is 6. The van der Waals surface area contributed by atoms with Crippen molar-refractivity contribution >= 4 is 16.7 Å². The van der Waals surface area contributed by atoms with E-state index in [1.165, 1.54) is 11.8 Å². The van der Waals surface area contributed by atoms with E-state index in [0.717, 1.165) is 49.1 Å². The summed E-state index contributed by atoms with van der Waals surface area (Å²) >= 11 is 0. The number of ether oxygens (including phenoxy) is 2. The summed E-state index contributed by atoms with van der Waals surface area (Å²) in [5, 5.41) is 5.75. The van der Waals surface area contributed by atoms with Crippen molar-refractivity contribution in [3.63, 3.8) is 0 Å². The number of nitrogens with zero attached hydrogens (tertiary/aromatic N) is 1. The van der Waals surface area contributed by atoms with Gasteiger partial charge in [0, 0.05) is 36.8 Å². The number of hydrogen-bond donors (Lipinski definition) is 2. The SMILES string of the molecule is NC(=O)c1ccc(Oc2cccc3c(CNC4CCCOC4)cccc23)nc1. The molecule has 1 aromatic heterocycles. The number of carbonyl (C=O) groups excluding carboxylic acids is 1. The van der Waals surface area contributed by atoms with E-state index in [1.54, 1.807) is 12.1 Å². The zero-order chi connectivity index (χ0) is 19.3. The molecule has 0 spiro atoms. The van der Waals surface area contributed by atoms with Gasteiger partial charge >= 0.3 is 0 Å². The van der Waals surface area contributed by atoms with Gasteiger partial charge in [-0.2, -0.15) is 0 Å². The highest BCUT2D eigenvalue weighted by Crippen LogP contribution is 2.31. The molecule has 1 unspecified atom stereocenters. The van der Waals surface area contributed by atoms with Crippen LogP contribution in [-0.4, -0.2) is 30.1 Å². The Balaban J connectivity index is 1.55. The Hall–Kier alpha value is -2.96. The molecule has 1 aliphatic rings. The fourth-order valence-corrected chi connectivity index (χ4v) is 3.44. The lowest BCUT2D eigenvalue weighted by Crippen LogP contribution is -2.36. The Bertz CT molecular complexity index is 966. The smallest absolute Gasteiger partial charge is 0.250 e. The molecule has 1 fully saturated rings. The van der Waals surface area contributed by atoms with Crippen LogP contribution in [0.3, 0.4) is 0 Å². The van der Waals surface area contributed by atoms with Gasteiger partial charge in [0.05, 0.1) is 12.2 Å². The molecule has 3 aromatic rings. The van der Waals surface area contributed by atoms with Crippen LogP contribution in [0, 0.1) is 0 Å². The first-order valence-corrected chi connectivity index (χ1v) is 9.46. The molecule has 0 aliphatic carbocycles. The maximum absolute atomic E-state index is 11.2. The highest BCUT2D eigenvalue weighted by molar-refractivity contribution is 5.92. The zero-order valence-electron chi connectivity index (χ0n) is 15.6. The van der Waals surface area contributed by atoms with E-state index >= 15 is 0 Å². The van der Waals surface area contributed by atoms with E-state index in [1.807, 2.05) is 24.3 Å². The van der Waals surface area contributed by atoms with Crippen LogP contribution in [0.15, 0.2) is 54.7 Å². The highest BCUT2D eigenvalue weighted by Gasteiger charge is 2.14. The number of pyridine rings is 1. The molecule has 28 heavy (non-hydrogen) atoms. The quantitative estimate of drug-likeness (QED) is 0.688. The number of benzene rings is 2. The Labute approximate surface area is 163 Å². The van der Waals surface area contributed by atoms with Crippen LogP contribution in [-0.2, 0) is 11.3 Å². The molecular formula is C22H23N3O3. The summed E-state index contributed by atoms with van der Waals surface area (Å²) in [4.78, 5) is 15.4. The molecule has 6 nitrogen and oxygen atoms in total. The molecule has 4 rings (SSSR count). The normalized spacial score (nSPS) is 16.8. The monoisotopic (exact) mass is 377 g/mol. The lowest BCUT2D eigenvalue weighted by Gasteiger charge is -2.23. The third-order valence-corrected chi connectivity index (χ3v) is 4.95. The first-order valence-electron chi connectivity index (χ1n) is 9.46. The molecule has 2 heterocycles. The summed E-state index contributed by atoms with van der Waals surface area (Å²) < 4.78 is 11.5. The molecule has 3 N–H and O–H groups in total. The molecule has 144 valence electrons. The zero-order valence-corrected chi connectivity index (χ0v) is 15.6. The van der Waals surface area contributed by atoms with Gasteiger partial charge in [0.25, 0.3) is 0 Å². The van der Waals surface area contributed by atoms with Gasteiger partial charge in [-0.15, -0.1) is 0 Å². The minimum absolute atomic E-state index is 0.352. The molecule has 1 saturated heterocycles. The summed E-state index contributed by atoms with van der Waals surface area (Å²) in [5.74, 6) is 0.629. The summed E-state index contributed by atoms with van der Waals surface area (Å²) in [7, 11) is 0. The second kappa shape index (κ2) is 8.37. The van der Waals surface area contributed by atoms with Crippen LogP contribution in [0.5, 0.6) is 11.6 Å². The Morgan fingerprint density at radius 2 is 2.04 bits per heavy atom. The van der Waals surface area contributed by atoms with Crippen molar-refractivity contribution in [2.75, 3.05) is 13.2 Å². The van der Waals surface area contributed by atoms with Crippen LogP contribution < -0.4 is 15.8 Å². The summed E-state index contributed by atoms with van der Waals surface area (Å²) in [6.45, 7) is 2.41. The van der Waals surface area contributed by atoms with Gasteiger partial charge in [0.15, 0.2) is 0 Å². The molecular weight excluding hydrogens is 354 g/mol. The summed E-state index contributed by atoms with van der Waals surface area (Å²) in [6, 6.07) is 15.8. The van der Waals surface area contributed by atoms with E-state index in [2.05, 4.69) is 22.4 Å². The number of hydrogen-bond acceptors (Lipinski definition) is 5. The Kier molecular flexibility index (Phi) is 5.50. The number of aromatic nitrogens is 1. The van der Waals surface area contributed by atoms with E-state index in [4.69, 9.17) is 15.2 Å². The van der Waals surface area contributed by atoms with Gasteiger partial charge in [-0.3, -0.25) is 4.79 Å². The van der Waals surface area contributed by atoms with Gasteiger partial charge in [0.2, 0.25) is 11.8 Å². The minimum atomic E-state index is -0.510. The fourth-order valence-electron chi connectivity index (χ4n) is 3.44. The van der Waals surface area contributed by atoms with E-state index in [0.29, 0.717) is 17.5 Å². The predicted molar refractivity (Wildman–Crippen MR) is 107 cm³/mol. The topological polar surface area (TPSA) is 86.5 Å². The first kappa shape index (κ1) is 18.4. The standard InChI is InChI=1S/C22H23N3O3/c23-22(26)16-9-10-21(25-13-16)28-20-8-2-6-18-15(4-1-7-19(18)20)12-24-17-5-3-11-27-14-17/h1-2,4,6-10,13,17,24H,3,5,11-12,14H2,(H2,23,26). The summed E-state index contributed by atoms with van der Waals surface area (Å²) in [6.07, 6.45) is 3.67. The molecule has 0 bridgehead atoms. The maximum Gasteiger partial charge on any atom is 0.250 e. The Morgan fingerprint density at radius 3 is 2.79 bits per heavy atom. The minimum Gasteiger partial charge on any atom is -0.438 e. The van der Waals surface area contributed by atoms with Crippen molar-refractivity contribution in [2.24, 2.45) is 5.73 Å². The van der Waals surface area contributed by atoms with E-state index < -0.39 is 5.91 Å². The number of amides is 1. The van der Waals surface area contributed by atoms with Gasteiger partial charge in [-0.25, -0.2) is 4.98 Å². The third kappa shape index (κ3) is 4.13. The fraction of sp³-hybridized carbons (Fsp3) is 0.273. The van der Waals surface area contributed by atoms with Gasteiger partial charge in [-0.05, 0) is 35.9 Å². The first-order chi connectivity index (χ1) is 13.7. The lowest BCUT2D eigenvalue weighted by atomic mass is 10.0. The van der Waals surface area contributed by atoms with Gasteiger partial charge in [-0.1, -0.05) is 30.3 Å². The molecule has 1 atom stereocenters.